The molecule has 1 heterocycles. The van der Waals surface area contributed by atoms with Crippen molar-refractivity contribution in [2.45, 2.75) is 30.6 Å². The molecule has 0 saturated heterocycles. The summed E-state index contributed by atoms with van der Waals surface area (Å²) in [4.78, 5) is 16.0. The van der Waals surface area contributed by atoms with Gasteiger partial charge in [0.25, 0.3) is 0 Å². The SMILES string of the molecule is O=C(O)CCCCC1=Nc2ccccc2SN1. The number of benzene rings is 1. The van der Waals surface area contributed by atoms with E-state index in [1.54, 1.807) is 11.9 Å². The molecule has 5 heteroatoms. The number of para-hydroxylation sites is 1. The fraction of sp³-hybridized carbons (Fsp3) is 0.333. The molecule has 0 unspecified atom stereocenters. The van der Waals surface area contributed by atoms with E-state index in [1.165, 1.54) is 0 Å². The summed E-state index contributed by atoms with van der Waals surface area (Å²) in [7, 11) is 0. The summed E-state index contributed by atoms with van der Waals surface area (Å²) in [6, 6.07) is 7.97. The molecule has 1 aliphatic heterocycles. The topological polar surface area (TPSA) is 61.7 Å². The van der Waals surface area contributed by atoms with E-state index in [2.05, 4.69) is 9.71 Å². The molecule has 0 saturated carbocycles. The molecule has 0 spiro atoms. The molecule has 1 aliphatic rings. The predicted molar refractivity (Wildman–Crippen MR) is 68.6 cm³/mol. The number of carboxylic acid groups (broad SMARTS) is 1. The molecule has 4 nitrogen and oxygen atoms in total. The summed E-state index contributed by atoms with van der Waals surface area (Å²) in [5.41, 5.74) is 0.990. The molecule has 0 amide bonds. The first-order chi connectivity index (χ1) is 8.25. The largest absolute Gasteiger partial charge is 0.481 e. The molecule has 0 aromatic heterocycles. The van der Waals surface area contributed by atoms with Crippen LogP contribution in [0.1, 0.15) is 25.7 Å². The normalized spacial score (nSPS) is 13.5. The van der Waals surface area contributed by atoms with E-state index in [-0.39, 0.29) is 6.42 Å². The second kappa shape index (κ2) is 5.72. The van der Waals surface area contributed by atoms with Gasteiger partial charge in [0.2, 0.25) is 0 Å². The molecule has 0 atom stereocenters. The number of carbonyl (C=O) groups is 1. The molecule has 1 aromatic rings. The van der Waals surface area contributed by atoms with Gasteiger partial charge in [-0.3, -0.25) is 4.79 Å². The van der Waals surface area contributed by atoms with E-state index in [9.17, 15) is 4.79 Å². The summed E-state index contributed by atoms with van der Waals surface area (Å²) < 4.78 is 3.18. The fourth-order valence-corrected chi connectivity index (χ4v) is 2.33. The van der Waals surface area contributed by atoms with Gasteiger partial charge in [-0.05, 0) is 36.9 Å². The predicted octanol–water partition coefficient (Wildman–Crippen LogP) is 2.97. The maximum atomic E-state index is 10.4. The second-order valence-electron chi connectivity index (χ2n) is 3.83. The van der Waals surface area contributed by atoms with Crippen molar-refractivity contribution in [1.82, 2.24) is 4.72 Å². The van der Waals surface area contributed by atoms with E-state index in [4.69, 9.17) is 5.11 Å². The van der Waals surface area contributed by atoms with Crippen LogP contribution in [-0.4, -0.2) is 16.9 Å². The van der Waals surface area contributed by atoms with Gasteiger partial charge in [0.15, 0.2) is 0 Å². The number of amidine groups is 1. The lowest BCUT2D eigenvalue weighted by Crippen LogP contribution is -2.18. The minimum atomic E-state index is -0.733. The Morgan fingerprint density at radius 3 is 3.00 bits per heavy atom. The summed E-state index contributed by atoms with van der Waals surface area (Å²) in [6.07, 6.45) is 2.58. The Morgan fingerprint density at radius 1 is 1.35 bits per heavy atom. The molecule has 0 radical (unpaired) electrons. The number of rotatable bonds is 5. The van der Waals surface area contributed by atoms with Gasteiger partial charge in [-0.1, -0.05) is 12.1 Å². The Bertz CT molecular complexity index is 446. The molecule has 0 bridgehead atoms. The summed E-state index contributed by atoms with van der Waals surface area (Å²) >= 11 is 1.56. The first-order valence-electron chi connectivity index (χ1n) is 5.57. The number of nitrogens with one attached hydrogen (secondary N) is 1. The smallest absolute Gasteiger partial charge is 0.303 e. The third-order valence-corrected chi connectivity index (χ3v) is 3.36. The summed E-state index contributed by atoms with van der Waals surface area (Å²) in [5.74, 6) is 0.197. The highest BCUT2D eigenvalue weighted by molar-refractivity contribution is 7.98. The van der Waals surface area contributed by atoms with Crippen LogP contribution in [0.3, 0.4) is 0 Å². The third kappa shape index (κ3) is 3.49. The number of unbranched alkanes of at least 4 members (excludes halogenated alkanes) is 1. The number of carboxylic acids is 1. The molecule has 1 aromatic carbocycles. The van der Waals surface area contributed by atoms with Gasteiger partial charge in [-0.25, -0.2) is 4.99 Å². The molecule has 2 rings (SSSR count). The van der Waals surface area contributed by atoms with Crippen molar-refractivity contribution >= 4 is 29.4 Å². The Labute approximate surface area is 104 Å². The van der Waals surface area contributed by atoms with Crippen molar-refractivity contribution in [3.05, 3.63) is 24.3 Å². The Hall–Kier alpha value is -1.49. The van der Waals surface area contributed by atoms with E-state index in [1.807, 2.05) is 24.3 Å². The highest BCUT2D eigenvalue weighted by Gasteiger charge is 2.10. The van der Waals surface area contributed by atoms with Gasteiger partial charge >= 0.3 is 5.97 Å². The van der Waals surface area contributed by atoms with E-state index in [0.717, 1.165) is 29.3 Å². The number of nitrogens with zero attached hydrogens (tertiary/aromatic N) is 1. The van der Waals surface area contributed by atoms with Crippen LogP contribution in [0.5, 0.6) is 0 Å². The first-order valence-corrected chi connectivity index (χ1v) is 6.38. The van der Waals surface area contributed by atoms with Crippen LogP contribution in [0.25, 0.3) is 0 Å². The Morgan fingerprint density at radius 2 is 2.18 bits per heavy atom. The van der Waals surface area contributed by atoms with Crippen molar-refractivity contribution in [1.29, 1.82) is 0 Å². The van der Waals surface area contributed by atoms with E-state index in [0.29, 0.717) is 6.42 Å². The lowest BCUT2D eigenvalue weighted by Gasteiger charge is -2.16. The van der Waals surface area contributed by atoms with Crippen molar-refractivity contribution in [3.8, 4) is 0 Å². The van der Waals surface area contributed by atoms with Crippen LogP contribution in [0, 0.1) is 0 Å². The lowest BCUT2D eigenvalue weighted by molar-refractivity contribution is -0.137. The van der Waals surface area contributed by atoms with E-state index < -0.39 is 5.97 Å². The van der Waals surface area contributed by atoms with Crippen molar-refractivity contribution < 1.29 is 9.90 Å². The molecule has 0 fully saturated rings. The summed E-state index contributed by atoms with van der Waals surface area (Å²) in [6.45, 7) is 0. The average Bonchev–Trinajstić information content (AvgIpc) is 2.34. The zero-order valence-electron chi connectivity index (χ0n) is 9.35. The van der Waals surface area contributed by atoms with Crippen molar-refractivity contribution in [2.75, 3.05) is 0 Å². The average molecular weight is 250 g/mol. The van der Waals surface area contributed by atoms with Crippen LogP contribution in [0.2, 0.25) is 0 Å². The van der Waals surface area contributed by atoms with Crippen LogP contribution in [0.15, 0.2) is 34.2 Å². The maximum Gasteiger partial charge on any atom is 0.303 e. The van der Waals surface area contributed by atoms with Crippen LogP contribution < -0.4 is 4.72 Å². The van der Waals surface area contributed by atoms with Crippen molar-refractivity contribution in [3.63, 3.8) is 0 Å². The van der Waals surface area contributed by atoms with Gasteiger partial charge in [0.1, 0.15) is 5.84 Å². The second-order valence-corrected chi connectivity index (χ2v) is 4.68. The Balaban J connectivity index is 1.87. The lowest BCUT2D eigenvalue weighted by atomic mass is 10.2. The standard InChI is InChI=1S/C12H14N2O2S/c15-12(16)8-4-3-7-11-13-9-5-1-2-6-10(9)17-14-11/h1-2,5-6H,3-4,7-8H2,(H,13,14)(H,15,16). The third-order valence-electron chi connectivity index (χ3n) is 2.45. The van der Waals surface area contributed by atoms with E-state index >= 15 is 0 Å². The number of hydrogen-bond acceptors (Lipinski definition) is 4. The minimum Gasteiger partial charge on any atom is -0.481 e. The zero-order valence-corrected chi connectivity index (χ0v) is 10.2. The maximum absolute atomic E-state index is 10.4. The zero-order chi connectivity index (χ0) is 12.1. The molecular weight excluding hydrogens is 236 g/mol. The first kappa shape index (κ1) is 12.0. The van der Waals surface area contributed by atoms with Gasteiger partial charge in [0.05, 0.1) is 10.6 Å². The number of hydrogen-bond donors (Lipinski definition) is 2. The number of aliphatic carboxylic acids is 1. The van der Waals surface area contributed by atoms with Gasteiger partial charge in [-0.2, -0.15) is 0 Å². The van der Waals surface area contributed by atoms with Gasteiger partial charge in [-0.15, -0.1) is 0 Å². The monoisotopic (exact) mass is 250 g/mol. The highest BCUT2D eigenvalue weighted by atomic mass is 32.2. The van der Waals surface area contributed by atoms with Gasteiger partial charge < -0.3 is 9.83 Å². The number of aliphatic imine (C=N–C) groups is 1. The number of fused-ring (bicyclic) bond motifs is 1. The van der Waals surface area contributed by atoms with Gasteiger partial charge in [0, 0.05) is 12.8 Å². The highest BCUT2D eigenvalue weighted by Crippen LogP contribution is 2.31. The molecular formula is C12H14N2O2S. The quantitative estimate of drug-likeness (QED) is 0.623. The van der Waals surface area contributed by atoms with Crippen molar-refractivity contribution in [2.24, 2.45) is 4.99 Å². The Kier molecular flexibility index (Phi) is 4.03. The van der Waals surface area contributed by atoms with Crippen LogP contribution in [-0.2, 0) is 4.79 Å². The molecule has 17 heavy (non-hydrogen) atoms. The molecule has 2 N–H and O–H groups in total. The minimum absolute atomic E-state index is 0.233. The van der Waals surface area contributed by atoms with Crippen LogP contribution >= 0.6 is 11.9 Å². The molecule has 90 valence electrons. The van der Waals surface area contributed by atoms with Crippen LogP contribution in [0.4, 0.5) is 5.69 Å². The summed E-state index contributed by atoms with van der Waals surface area (Å²) in [5, 5.41) is 8.53. The molecule has 0 aliphatic carbocycles. The fourth-order valence-electron chi connectivity index (χ4n) is 1.59.